The van der Waals surface area contributed by atoms with Crippen LogP contribution in [0.5, 0.6) is 5.75 Å². The van der Waals surface area contributed by atoms with Crippen molar-refractivity contribution >= 4 is 17.4 Å². The topological polar surface area (TPSA) is 99.2 Å². The molecule has 42 heavy (non-hydrogen) atoms. The van der Waals surface area contributed by atoms with Crippen molar-refractivity contribution in [1.29, 1.82) is 5.26 Å². The average molecular weight is 566 g/mol. The van der Waals surface area contributed by atoms with E-state index in [-0.39, 0.29) is 12.2 Å². The second-order valence-electron chi connectivity index (χ2n) is 11.8. The molecule has 10 nitrogen and oxygen atoms in total. The van der Waals surface area contributed by atoms with Crippen molar-refractivity contribution in [1.82, 2.24) is 24.4 Å². The number of nitriles is 1. The molecule has 216 valence electrons. The molecule has 4 aromatic rings. The van der Waals surface area contributed by atoms with Gasteiger partial charge in [-0.3, -0.25) is 4.90 Å². The van der Waals surface area contributed by atoms with Crippen molar-refractivity contribution in [2.24, 2.45) is 0 Å². The molecule has 2 aliphatic rings. The highest BCUT2D eigenvalue weighted by Gasteiger charge is 2.35. The number of piperazine rings is 1. The van der Waals surface area contributed by atoms with Gasteiger partial charge in [0, 0.05) is 50.0 Å². The number of aromatic nitrogens is 3. The van der Waals surface area contributed by atoms with E-state index in [1.807, 2.05) is 45.2 Å². The highest BCUT2D eigenvalue weighted by molar-refractivity contribution is 5.85. The van der Waals surface area contributed by atoms with Gasteiger partial charge in [-0.05, 0) is 44.5 Å². The first-order chi connectivity index (χ1) is 20.3. The van der Waals surface area contributed by atoms with E-state index >= 15 is 0 Å². The number of hydrogen-bond donors (Lipinski definition) is 0. The summed E-state index contributed by atoms with van der Waals surface area (Å²) in [5, 5.41) is 14.1. The van der Waals surface area contributed by atoms with Crippen molar-refractivity contribution < 1.29 is 14.3 Å². The summed E-state index contributed by atoms with van der Waals surface area (Å²) < 4.78 is 13.3. The molecule has 1 amide bonds. The van der Waals surface area contributed by atoms with Gasteiger partial charge in [-0.2, -0.15) is 10.4 Å². The zero-order valence-corrected chi connectivity index (χ0v) is 24.2. The number of rotatable bonds is 6. The first-order valence-corrected chi connectivity index (χ1v) is 14.3. The van der Waals surface area contributed by atoms with E-state index in [1.165, 1.54) is 5.56 Å². The van der Waals surface area contributed by atoms with E-state index in [0.29, 0.717) is 29.9 Å². The van der Waals surface area contributed by atoms with E-state index in [1.54, 1.807) is 21.8 Å². The van der Waals surface area contributed by atoms with Crippen LogP contribution in [0.2, 0.25) is 0 Å². The fourth-order valence-corrected chi connectivity index (χ4v) is 5.35. The third kappa shape index (κ3) is 6.02. The van der Waals surface area contributed by atoms with Crippen LogP contribution in [0.25, 0.3) is 16.6 Å². The van der Waals surface area contributed by atoms with Crippen LogP contribution in [0.15, 0.2) is 67.1 Å². The van der Waals surface area contributed by atoms with Crippen molar-refractivity contribution in [3.63, 3.8) is 0 Å². The summed E-state index contributed by atoms with van der Waals surface area (Å²) in [6, 6.07) is 18.8. The van der Waals surface area contributed by atoms with Crippen molar-refractivity contribution in [3.05, 3.63) is 78.2 Å². The lowest BCUT2D eigenvalue weighted by atomic mass is 10.0. The van der Waals surface area contributed by atoms with Gasteiger partial charge in [-0.15, -0.1) is 0 Å². The Morgan fingerprint density at radius 1 is 1.05 bits per heavy atom. The zero-order chi connectivity index (χ0) is 29.3. The normalized spacial score (nSPS) is 16.2. The predicted octanol–water partition coefficient (Wildman–Crippen LogP) is 4.59. The van der Waals surface area contributed by atoms with Gasteiger partial charge in [0.05, 0.1) is 36.6 Å². The Balaban J connectivity index is 1.15. The fraction of sp³-hybridized carbons (Fsp3) is 0.375. The summed E-state index contributed by atoms with van der Waals surface area (Å²) in [5.74, 6) is 1.55. The minimum absolute atomic E-state index is 0.158. The van der Waals surface area contributed by atoms with Gasteiger partial charge < -0.3 is 19.3 Å². The molecule has 6 rings (SSSR count). The summed E-state index contributed by atoms with van der Waals surface area (Å²) >= 11 is 0. The van der Waals surface area contributed by atoms with Crippen LogP contribution in [-0.2, 0) is 11.3 Å². The summed E-state index contributed by atoms with van der Waals surface area (Å²) in [4.78, 5) is 23.5. The van der Waals surface area contributed by atoms with Gasteiger partial charge in [-0.1, -0.05) is 30.3 Å². The zero-order valence-electron chi connectivity index (χ0n) is 24.2. The number of nitrogens with zero attached hydrogens (tertiary/aromatic N) is 7. The molecule has 3 aromatic heterocycles. The Labute approximate surface area is 245 Å². The number of hydrogen-bond acceptors (Lipinski definition) is 8. The number of anilines is 1. The molecular formula is C32H35N7O3. The van der Waals surface area contributed by atoms with Crippen molar-refractivity contribution in [2.75, 3.05) is 44.2 Å². The molecule has 10 heteroatoms. The molecule has 2 saturated heterocycles. The SMILES string of the molecule is CC(C)(C)OC(=O)N1CC(Oc2cc(-c3ccc(N4CCN(Cc5ccccc5)CC4)nc3)c3c(C#N)cnn3c2)C1. The van der Waals surface area contributed by atoms with Crippen LogP contribution in [0.1, 0.15) is 31.9 Å². The molecule has 0 unspecified atom stereocenters. The maximum Gasteiger partial charge on any atom is 0.410 e. The van der Waals surface area contributed by atoms with Gasteiger partial charge in [0.1, 0.15) is 29.3 Å². The number of pyridine rings is 2. The number of benzene rings is 1. The lowest BCUT2D eigenvalue weighted by Crippen LogP contribution is -2.57. The lowest BCUT2D eigenvalue weighted by molar-refractivity contribution is -0.0222. The van der Waals surface area contributed by atoms with E-state index in [0.717, 1.165) is 49.7 Å². The van der Waals surface area contributed by atoms with Crippen LogP contribution in [0.4, 0.5) is 10.6 Å². The quantitative estimate of drug-likeness (QED) is 0.335. The van der Waals surface area contributed by atoms with Crippen molar-refractivity contribution in [2.45, 2.75) is 39.0 Å². The predicted molar refractivity (Wildman–Crippen MR) is 159 cm³/mol. The Morgan fingerprint density at radius 3 is 2.48 bits per heavy atom. The first kappa shape index (κ1) is 27.5. The van der Waals surface area contributed by atoms with Crippen LogP contribution in [0, 0.1) is 11.3 Å². The minimum Gasteiger partial charge on any atom is -0.485 e. The monoisotopic (exact) mass is 565 g/mol. The van der Waals surface area contributed by atoms with Crippen LogP contribution in [-0.4, -0.2) is 81.5 Å². The van der Waals surface area contributed by atoms with E-state index in [4.69, 9.17) is 14.5 Å². The Kier molecular flexibility index (Phi) is 7.43. The Morgan fingerprint density at radius 2 is 1.81 bits per heavy atom. The molecule has 0 radical (unpaired) electrons. The molecule has 2 aliphatic heterocycles. The van der Waals surface area contributed by atoms with Crippen LogP contribution >= 0.6 is 0 Å². The largest absolute Gasteiger partial charge is 0.485 e. The summed E-state index contributed by atoms with van der Waals surface area (Å²) in [5.41, 5.74) is 3.67. The molecule has 0 saturated carbocycles. The van der Waals surface area contributed by atoms with Gasteiger partial charge in [0.2, 0.25) is 0 Å². The molecule has 2 fully saturated rings. The van der Waals surface area contributed by atoms with E-state index in [2.05, 4.69) is 51.3 Å². The van der Waals surface area contributed by atoms with Gasteiger partial charge >= 0.3 is 6.09 Å². The van der Waals surface area contributed by atoms with Gasteiger partial charge in [0.25, 0.3) is 0 Å². The molecule has 5 heterocycles. The molecular weight excluding hydrogens is 530 g/mol. The van der Waals surface area contributed by atoms with Crippen LogP contribution in [0.3, 0.4) is 0 Å². The molecule has 0 atom stereocenters. The number of likely N-dealkylation sites (tertiary alicyclic amines) is 1. The smallest absolute Gasteiger partial charge is 0.410 e. The third-order valence-corrected chi connectivity index (χ3v) is 7.51. The number of carbonyl (C=O) groups excluding carboxylic acids is 1. The summed E-state index contributed by atoms with van der Waals surface area (Å²) in [6.07, 6.45) is 4.69. The van der Waals surface area contributed by atoms with E-state index in [9.17, 15) is 10.1 Å². The van der Waals surface area contributed by atoms with E-state index < -0.39 is 5.60 Å². The number of fused-ring (bicyclic) bond motifs is 1. The highest BCUT2D eigenvalue weighted by Crippen LogP contribution is 2.32. The summed E-state index contributed by atoms with van der Waals surface area (Å²) in [7, 11) is 0. The first-order valence-electron chi connectivity index (χ1n) is 14.3. The minimum atomic E-state index is -0.540. The Bertz CT molecular complexity index is 1590. The standard InChI is InChI=1S/C32H35N7O3/c1-32(2,3)42-31(40)38-20-27(21-38)41-26-15-28(30-25(16-33)18-35-39(30)22-26)24-9-10-29(34-17-24)37-13-11-36(12-14-37)19-23-7-5-4-6-8-23/h4-10,15,17-18,22,27H,11-14,19-21H2,1-3H3. The lowest BCUT2D eigenvalue weighted by Gasteiger charge is -2.39. The fourth-order valence-electron chi connectivity index (χ4n) is 5.35. The highest BCUT2D eigenvalue weighted by atomic mass is 16.6. The average Bonchev–Trinajstić information content (AvgIpc) is 3.37. The molecule has 0 N–H and O–H groups in total. The summed E-state index contributed by atoms with van der Waals surface area (Å²) in [6.45, 7) is 11.2. The maximum absolute atomic E-state index is 12.3. The van der Waals surface area contributed by atoms with Crippen LogP contribution < -0.4 is 9.64 Å². The number of amides is 1. The maximum atomic E-state index is 12.3. The Hall–Kier alpha value is -4.62. The number of ether oxygens (including phenoxy) is 2. The molecule has 0 bridgehead atoms. The molecule has 1 aromatic carbocycles. The molecule has 0 spiro atoms. The van der Waals surface area contributed by atoms with Crippen molar-refractivity contribution in [3.8, 4) is 22.9 Å². The molecule has 0 aliphatic carbocycles. The second-order valence-corrected chi connectivity index (χ2v) is 11.8. The number of carbonyl (C=O) groups is 1. The van der Waals surface area contributed by atoms with Gasteiger partial charge in [0.15, 0.2) is 0 Å². The second kappa shape index (κ2) is 11.3. The third-order valence-electron chi connectivity index (χ3n) is 7.51. The van der Waals surface area contributed by atoms with Gasteiger partial charge in [-0.25, -0.2) is 14.3 Å².